The minimum atomic E-state index is -1.55. The Morgan fingerprint density at radius 2 is 1.63 bits per heavy atom. The summed E-state index contributed by atoms with van der Waals surface area (Å²) in [6, 6.07) is 7.36. The third-order valence-corrected chi connectivity index (χ3v) is 9.46. The van der Waals surface area contributed by atoms with Crippen LogP contribution >= 0.6 is 0 Å². The smallest absolute Gasteiger partial charge is 0.161 e. The van der Waals surface area contributed by atoms with Crippen LogP contribution in [0, 0.1) is 29.1 Å². The van der Waals surface area contributed by atoms with E-state index in [-0.39, 0.29) is 0 Å². The van der Waals surface area contributed by atoms with Crippen LogP contribution in [0.25, 0.3) is 11.9 Å². The molecule has 2 saturated carbocycles. The van der Waals surface area contributed by atoms with Gasteiger partial charge in [-0.1, -0.05) is 74.8 Å². The van der Waals surface area contributed by atoms with Crippen molar-refractivity contribution < 1.29 is 8.78 Å². The maximum atomic E-state index is 15.6. The zero-order valence-electron chi connectivity index (χ0n) is 21.9. The number of hydrogen-bond acceptors (Lipinski definition) is 0. The number of halogens is 2. The highest BCUT2D eigenvalue weighted by atomic mass is 19.2. The summed E-state index contributed by atoms with van der Waals surface area (Å²) >= 11 is 0. The molecule has 1 aromatic carbocycles. The maximum Gasteiger partial charge on any atom is 0.161 e. The highest BCUT2D eigenvalue weighted by Gasteiger charge is 2.42. The first-order valence-corrected chi connectivity index (χ1v) is 14.5. The summed E-state index contributed by atoms with van der Waals surface area (Å²) in [5.41, 5.74) is -0.743. The second-order valence-corrected chi connectivity index (χ2v) is 11.7. The molecular weight excluding hydrogens is 434 g/mol. The number of rotatable bonds is 10. The van der Waals surface area contributed by atoms with Crippen molar-refractivity contribution in [3.8, 4) is 0 Å². The summed E-state index contributed by atoms with van der Waals surface area (Å²) in [5.74, 6) is 2.68. The number of fused-ring (bicyclic) bond motifs is 1. The second-order valence-electron chi connectivity index (χ2n) is 11.7. The molecule has 0 aromatic heterocycles. The average molecular weight is 481 g/mol. The summed E-state index contributed by atoms with van der Waals surface area (Å²) in [6.07, 6.45) is 23.5. The molecule has 2 atom stereocenters. The molecule has 0 radical (unpaired) electrons. The van der Waals surface area contributed by atoms with Crippen LogP contribution in [0.15, 0.2) is 49.1 Å². The lowest BCUT2D eigenvalue weighted by atomic mass is 9.66. The zero-order chi connectivity index (χ0) is 24.7. The predicted molar refractivity (Wildman–Crippen MR) is 146 cm³/mol. The summed E-state index contributed by atoms with van der Waals surface area (Å²) in [5, 5.41) is 1.29. The first-order valence-electron chi connectivity index (χ1n) is 14.5. The topological polar surface area (TPSA) is 0 Å². The van der Waals surface area contributed by atoms with Crippen molar-refractivity contribution in [1.29, 1.82) is 0 Å². The highest BCUT2D eigenvalue weighted by molar-refractivity contribution is 5.54. The van der Waals surface area contributed by atoms with Crippen LogP contribution in [0.3, 0.4) is 0 Å². The van der Waals surface area contributed by atoms with E-state index >= 15 is 8.78 Å². The van der Waals surface area contributed by atoms with Gasteiger partial charge in [0.05, 0.1) is 0 Å². The quantitative estimate of drug-likeness (QED) is 0.294. The van der Waals surface area contributed by atoms with E-state index in [1.165, 1.54) is 64.2 Å². The van der Waals surface area contributed by atoms with Crippen LogP contribution in [0.1, 0.15) is 96.8 Å². The normalized spacial score (nSPS) is 33.3. The standard InChI is InChI=1S/C33H46F2/c1-3-5-7-10-25-13-17-27(18-14-25)28-19-15-26(16-20-28)21-23-33(22-6-4-2)24-29-11-8-9-12-30(29)31(34)32(33)35/h4,7-12,24-28,32H,2-3,5-6,13-23H2,1H3/b10-7+. The van der Waals surface area contributed by atoms with Gasteiger partial charge in [-0.05, 0) is 99.5 Å². The predicted octanol–water partition coefficient (Wildman–Crippen LogP) is 8.60. The van der Waals surface area contributed by atoms with Gasteiger partial charge in [0, 0.05) is 10.6 Å². The van der Waals surface area contributed by atoms with E-state index in [4.69, 9.17) is 0 Å². The molecule has 2 fully saturated rings. The van der Waals surface area contributed by atoms with Crippen molar-refractivity contribution in [1.82, 2.24) is 0 Å². The van der Waals surface area contributed by atoms with E-state index in [1.54, 1.807) is 12.1 Å². The molecule has 3 aliphatic rings. The molecule has 35 heavy (non-hydrogen) atoms. The van der Waals surface area contributed by atoms with Gasteiger partial charge >= 0.3 is 0 Å². The Labute approximate surface area is 212 Å². The van der Waals surface area contributed by atoms with E-state index in [9.17, 15) is 0 Å². The van der Waals surface area contributed by atoms with Crippen LogP contribution in [-0.4, -0.2) is 6.17 Å². The molecule has 2 unspecified atom stereocenters. The fourth-order valence-corrected chi connectivity index (χ4v) is 7.19. The van der Waals surface area contributed by atoms with E-state index < -0.39 is 17.4 Å². The fraction of sp³-hybridized carbons (Fsp3) is 0.636. The van der Waals surface area contributed by atoms with Crippen molar-refractivity contribution in [2.45, 2.75) is 103 Å². The van der Waals surface area contributed by atoms with E-state index in [2.05, 4.69) is 31.7 Å². The molecule has 0 saturated heterocycles. The first-order chi connectivity index (χ1) is 17.1. The van der Waals surface area contributed by atoms with Crippen LogP contribution in [0.5, 0.6) is 0 Å². The molecule has 192 valence electrons. The van der Waals surface area contributed by atoms with Crippen molar-refractivity contribution >= 4 is 11.9 Å². The molecule has 0 aliphatic heterocycles. The van der Waals surface area contributed by atoms with Gasteiger partial charge in [0.15, 0.2) is 6.17 Å². The monoisotopic (exact) mass is 480 g/mol. The number of alkyl halides is 1. The summed E-state index contributed by atoms with van der Waals surface area (Å²) < 4.78 is 30.7. The Morgan fingerprint density at radius 3 is 2.31 bits per heavy atom. The largest absolute Gasteiger partial charge is 0.239 e. The molecule has 0 nitrogen and oxygen atoms in total. The fourth-order valence-electron chi connectivity index (χ4n) is 7.19. The van der Waals surface area contributed by atoms with Crippen molar-refractivity contribution in [2.24, 2.45) is 29.1 Å². The van der Waals surface area contributed by atoms with Gasteiger partial charge < -0.3 is 0 Å². The molecule has 0 N–H and O–H groups in total. The summed E-state index contributed by atoms with van der Waals surface area (Å²) in [6.45, 7) is 6.10. The minimum absolute atomic E-state index is 0.435. The SMILES string of the molecule is C=CCCC1(CCC2CCC(C3CCC(/C=C/CCC)CC3)CC2)C=c2ccccc2=C(F)C1F. The Morgan fingerprint density at radius 1 is 0.943 bits per heavy atom. The molecular formula is C33H46F2. The molecule has 0 spiro atoms. The molecule has 0 heterocycles. The number of unbranched alkanes of at least 4 members (excludes halogenated alkanes) is 1. The van der Waals surface area contributed by atoms with Crippen molar-refractivity contribution in [2.75, 3.05) is 0 Å². The lowest BCUT2D eigenvalue weighted by molar-refractivity contribution is 0.132. The van der Waals surface area contributed by atoms with Gasteiger partial charge in [-0.15, -0.1) is 6.58 Å². The Balaban J connectivity index is 1.32. The lowest BCUT2D eigenvalue weighted by Gasteiger charge is -2.39. The summed E-state index contributed by atoms with van der Waals surface area (Å²) in [7, 11) is 0. The van der Waals surface area contributed by atoms with E-state index in [1.807, 2.05) is 18.2 Å². The van der Waals surface area contributed by atoms with Gasteiger partial charge in [-0.25, -0.2) is 8.78 Å². The van der Waals surface area contributed by atoms with Crippen LogP contribution in [0.4, 0.5) is 8.78 Å². The average Bonchev–Trinajstić information content (AvgIpc) is 2.90. The third kappa shape index (κ3) is 6.36. The molecule has 2 heteroatoms. The van der Waals surface area contributed by atoms with Gasteiger partial charge in [0.2, 0.25) is 0 Å². The van der Waals surface area contributed by atoms with Crippen molar-refractivity contribution in [3.63, 3.8) is 0 Å². The van der Waals surface area contributed by atoms with E-state index in [0.717, 1.165) is 42.2 Å². The minimum Gasteiger partial charge on any atom is -0.239 e. The van der Waals surface area contributed by atoms with Crippen LogP contribution < -0.4 is 10.4 Å². The number of allylic oxidation sites excluding steroid dienone is 3. The van der Waals surface area contributed by atoms with Gasteiger partial charge in [0.1, 0.15) is 5.83 Å². The first kappa shape index (κ1) is 26.4. The highest BCUT2D eigenvalue weighted by Crippen LogP contribution is 2.46. The Kier molecular flexibility index (Phi) is 9.42. The maximum absolute atomic E-state index is 15.6. The number of hydrogen-bond donors (Lipinski definition) is 0. The Hall–Kier alpha value is -1.70. The van der Waals surface area contributed by atoms with Crippen LogP contribution in [0.2, 0.25) is 0 Å². The van der Waals surface area contributed by atoms with Crippen molar-refractivity contribution in [3.05, 3.63) is 59.5 Å². The van der Waals surface area contributed by atoms with Gasteiger partial charge in [0.25, 0.3) is 0 Å². The summed E-state index contributed by atoms with van der Waals surface area (Å²) in [4.78, 5) is 0. The van der Waals surface area contributed by atoms with Gasteiger partial charge in [-0.2, -0.15) is 0 Å². The molecule has 1 aromatic rings. The molecule has 0 bridgehead atoms. The van der Waals surface area contributed by atoms with E-state index in [0.29, 0.717) is 17.6 Å². The lowest BCUT2D eigenvalue weighted by Crippen LogP contribution is -2.43. The van der Waals surface area contributed by atoms with Gasteiger partial charge in [-0.3, -0.25) is 0 Å². The zero-order valence-corrected chi connectivity index (χ0v) is 21.9. The third-order valence-electron chi connectivity index (χ3n) is 9.46. The second kappa shape index (κ2) is 12.5. The van der Waals surface area contributed by atoms with Crippen LogP contribution in [-0.2, 0) is 0 Å². The molecule has 3 aliphatic carbocycles. The molecule has 4 rings (SSSR count). The molecule has 0 amide bonds. The Bertz CT molecular complexity index is 959. The number of benzene rings is 1.